The van der Waals surface area contributed by atoms with Crippen LogP contribution < -0.4 is 14.8 Å². The van der Waals surface area contributed by atoms with Crippen molar-refractivity contribution in [1.29, 1.82) is 0 Å². The molecule has 0 fully saturated rings. The molecular formula is C20H17ClN2O4S. The largest absolute Gasteiger partial charge is 0.455 e. The van der Waals surface area contributed by atoms with E-state index in [0.717, 1.165) is 6.26 Å². The molecule has 0 atom stereocenters. The van der Waals surface area contributed by atoms with Crippen LogP contribution in [-0.4, -0.2) is 20.6 Å². The molecule has 2 N–H and O–H groups in total. The van der Waals surface area contributed by atoms with Crippen LogP contribution in [0.25, 0.3) is 0 Å². The molecule has 3 rings (SSSR count). The van der Waals surface area contributed by atoms with Gasteiger partial charge in [-0.25, -0.2) is 8.42 Å². The SMILES string of the molecule is CS(=O)(=O)Nc1ccc(C(=O)Nc2ccccc2Oc2ccccc2)cc1Cl. The van der Waals surface area contributed by atoms with Crippen molar-refractivity contribution in [1.82, 2.24) is 0 Å². The summed E-state index contributed by atoms with van der Waals surface area (Å²) in [5, 5.41) is 2.90. The Kier molecular flexibility index (Phi) is 5.87. The van der Waals surface area contributed by atoms with E-state index in [4.69, 9.17) is 16.3 Å². The van der Waals surface area contributed by atoms with Crippen molar-refractivity contribution >= 4 is 38.9 Å². The number of nitrogens with one attached hydrogen (secondary N) is 2. The number of hydrogen-bond acceptors (Lipinski definition) is 4. The summed E-state index contributed by atoms with van der Waals surface area (Å²) in [6, 6.07) is 20.6. The Morgan fingerprint density at radius 1 is 0.929 bits per heavy atom. The standard InChI is InChI=1S/C20H17ClN2O4S/c1-28(25,26)23-17-12-11-14(13-16(17)21)20(24)22-18-9-5-6-10-19(18)27-15-7-3-2-4-8-15/h2-13,23H,1H3,(H,22,24). The van der Waals surface area contributed by atoms with Gasteiger partial charge in [0.05, 0.1) is 22.7 Å². The van der Waals surface area contributed by atoms with Crippen LogP contribution in [-0.2, 0) is 10.0 Å². The van der Waals surface area contributed by atoms with Gasteiger partial charge in [0.1, 0.15) is 5.75 Å². The minimum absolute atomic E-state index is 0.117. The van der Waals surface area contributed by atoms with Crippen molar-refractivity contribution in [3.05, 3.63) is 83.4 Å². The number of halogens is 1. The van der Waals surface area contributed by atoms with Crippen molar-refractivity contribution < 1.29 is 17.9 Å². The van der Waals surface area contributed by atoms with Crippen molar-refractivity contribution in [3.8, 4) is 11.5 Å². The molecular weight excluding hydrogens is 400 g/mol. The predicted molar refractivity (Wildman–Crippen MR) is 111 cm³/mol. The summed E-state index contributed by atoms with van der Waals surface area (Å²) in [6.07, 6.45) is 1.02. The van der Waals surface area contributed by atoms with Crippen molar-refractivity contribution in [2.24, 2.45) is 0 Å². The molecule has 0 spiro atoms. The molecule has 0 aliphatic carbocycles. The number of hydrogen-bond donors (Lipinski definition) is 2. The molecule has 144 valence electrons. The number of rotatable bonds is 6. The summed E-state index contributed by atoms with van der Waals surface area (Å²) < 4.78 is 30.8. The quantitative estimate of drug-likeness (QED) is 0.607. The lowest BCUT2D eigenvalue weighted by Crippen LogP contribution is -2.14. The number of carbonyl (C=O) groups is 1. The number of carbonyl (C=O) groups excluding carboxylic acids is 1. The Morgan fingerprint density at radius 3 is 2.29 bits per heavy atom. The molecule has 0 aliphatic rings. The zero-order valence-electron chi connectivity index (χ0n) is 14.8. The summed E-state index contributed by atoms with van der Waals surface area (Å²) in [6.45, 7) is 0. The average molecular weight is 417 g/mol. The zero-order chi connectivity index (χ0) is 20.1. The number of benzene rings is 3. The molecule has 0 unspecified atom stereocenters. The van der Waals surface area contributed by atoms with E-state index in [0.29, 0.717) is 17.2 Å². The first-order valence-corrected chi connectivity index (χ1v) is 10.5. The van der Waals surface area contributed by atoms with Crippen LogP contribution in [0.5, 0.6) is 11.5 Å². The fourth-order valence-electron chi connectivity index (χ4n) is 2.41. The molecule has 0 saturated carbocycles. The first-order valence-electron chi connectivity index (χ1n) is 8.22. The van der Waals surface area contributed by atoms with Gasteiger partial charge in [0, 0.05) is 5.56 Å². The molecule has 28 heavy (non-hydrogen) atoms. The maximum atomic E-state index is 12.6. The lowest BCUT2D eigenvalue weighted by atomic mass is 10.2. The Bertz CT molecular complexity index is 1100. The molecule has 3 aromatic carbocycles. The molecule has 3 aromatic rings. The lowest BCUT2D eigenvalue weighted by Gasteiger charge is -2.13. The number of para-hydroxylation sites is 3. The van der Waals surface area contributed by atoms with Gasteiger partial charge in [-0.15, -0.1) is 0 Å². The van der Waals surface area contributed by atoms with Gasteiger partial charge in [-0.1, -0.05) is 41.9 Å². The fourth-order valence-corrected chi connectivity index (χ4v) is 3.27. The maximum absolute atomic E-state index is 12.6. The average Bonchev–Trinajstić information content (AvgIpc) is 2.65. The van der Waals surface area contributed by atoms with E-state index in [9.17, 15) is 13.2 Å². The summed E-state index contributed by atoms with van der Waals surface area (Å²) in [7, 11) is -3.47. The van der Waals surface area contributed by atoms with E-state index in [1.165, 1.54) is 18.2 Å². The Hall–Kier alpha value is -3.03. The highest BCUT2D eigenvalue weighted by molar-refractivity contribution is 7.92. The maximum Gasteiger partial charge on any atom is 0.255 e. The first-order chi connectivity index (χ1) is 13.3. The van der Waals surface area contributed by atoms with Crippen LogP contribution >= 0.6 is 11.6 Å². The minimum Gasteiger partial charge on any atom is -0.455 e. The highest BCUT2D eigenvalue weighted by Crippen LogP contribution is 2.30. The Morgan fingerprint density at radius 2 is 1.61 bits per heavy atom. The summed E-state index contributed by atoms with van der Waals surface area (Å²) in [5.74, 6) is 0.726. The monoisotopic (exact) mass is 416 g/mol. The molecule has 0 radical (unpaired) electrons. The van der Waals surface area contributed by atoms with E-state index in [2.05, 4.69) is 10.0 Å². The summed E-state index contributed by atoms with van der Waals surface area (Å²) in [5.41, 5.74) is 0.970. The summed E-state index contributed by atoms with van der Waals surface area (Å²) in [4.78, 5) is 12.6. The topological polar surface area (TPSA) is 84.5 Å². The predicted octanol–water partition coefficient (Wildman–Crippen LogP) is 4.76. The van der Waals surface area contributed by atoms with Gasteiger partial charge in [0.25, 0.3) is 5.91 Å². The molecule has 0 aliphatic heterocycles. The van der Waals surface area contributed by atoms with E-state index in [1.54, 1.807) is 24.3 Å². The molecule has 6 nitrogen and oxygen atoms in total. The second kappa shape index (κ2) is 8.33. The third kappa shape index (κ3) is 5.25. The van der Waals surface area contributed by atoms with Crippen LogP contribution in [0.1, 0.15) is 10.4 Å². The van der Waals surface area contributed by atoms with Crippen LogP contribution in [0.3, 0.4) is 0 Å². The Balaban J connectivity index is 1.79. The second-order valence-corrected chi connectivity index (χ2v) is 8.09. The molecule has 0 bridgehead atoms. The third-order valence-corrected chi connectivity index (χ3v) is 4.54. The number of anilines is 2. The lowest BCUT2D eigenvalue weighted by molar-refractivity contribution is 0.102. The third-order valence-electron chi connectivity index (χ3n) is 3.63. The van der Waals surface area contributed by atoms with E-state index in [-0.39, 0.29) is 16.3 Å². The number of sulfonamides is 1. The van der Waals surface area contributed by atoms with Gasteiger partial charge in [-0.2, -0.15) is 0 Å². The first kappa shape index (κ1) is 19.7. The molecule has 0 saturated heterocycles. The smallest absolute Gasteiger partial charge is 0.255 e. The van der Waals surface area contributed by atoms with Crippen LogP contribution in [0.2, 0.25) is 5.02 Å². The van der Waals surface area contributed by atoms with Gasteiger partial charge in [-0.3, -0.25) is 9.52 Å². The normalized spacial score (nSPS) is 10.9. The molecule has 0 heterocycles. The van der Waals surface area contributed by atoms with Crippen molar-refractivity contribution in [2.75, 3.05) is 16.3 Å². The molecule has 0 aromatic heterocycles. The zero-order valence-corrected chi connectivity index (χ0v) is 16.4. The van der Waals surface area contributed by atoms with Gasteiger partial charge >= 0.3 is 0 Å². The van der Waals surface area contributed by atoms with Crippen molar-refractivity contribution in [3.63, 3.8) is 0 Å². The van der Waals surface area contributed by atoms with Gasteiger partial charge in [0.15, 0.2) is 5.75 Å². The highest BCUT2D eigenvalue weighted by atomic mass is 35.5. The second-order valence-electron chi connectivity index (χ2n) is 5.93. The van der Waals surface area contributed by atoms with Crippen molar-refractivity contribution in [2.45, 2.75) is 0 Å². The van der Waals surface area contributed by atoms with Crippen LogP contribution in [0.4, 0.5) is 11.4 Å². The van der Waals surface area contributed by atoms with E-state index < -0.39 is 15.9 Å². The van der Waals surface area contributed by atoms with Gasteiger partial charge < -0.3 is 10.1 Å². The van der Waals surface area contributed by atoms with E-state index in [1.807, 2.05) is 30.3 Å². The Labute approximate surface area is 168 Å². The van der Waals surface area contributed by atoms with Crippen LogP contribution in [0, 0.1) is 0 Å². The van der Waals surface area contributed by atoms with Crippen LogP contribution in [0.15, 0.2) is 72.8 Å². The minimum atomic E-state index is -3.47. The molecule has 1 amide bonds. The number of ether oxygens (including phenoxy) is 1. The van der Waals surface area contributed by atoms with Gasteiger partial charge in [-0.05, 0) is 42.5 Å². The van der Waals surface area contributed by atoms with E-state index >= 15 is 0 Å². The number of amides is 1. The molecule has 8 heteroatoms. The highest BCUT2D eigenvalue weighted by Gasteiger charge is 2.13. The summed E-state index contributed by atoms with van der Waals surface area (Å²) >= 11 is 6.09. The fraction of sp³-hybridized carbons (Fsp3) is 0.0500. The van der Waals surface area contributed by atoms with Gasteiger partial charge in [0.2, 0.25) is 10.0 Å².